The van der Waals surface area contributed by atoms with Crippen LogP contribution in [0.2, 0.25) is 0 Å². The summed E-state index contributed by atoms with van der Waals surface area (Å²) in [5.41, 5.74) is 2.28. The van der Waals surface area contributed by atoms with E-state index in [1.165, 1.54) is 5.56 Å². The molecule has 2 aromatic carbocycles. The van der Waals surface area contributed by atoms with Crippen molar-refractivity contribution in [2.24, 2.45) is 5.92 Å². The highest BCUT2D eigenvalue weighted by Gasteiger charge is 2.27. The fourth-order valence-corrected chi connectivity index (χ4v) is 3.19. The van der Waals surface area contributed by atoms with E-state index in [0.717, 1.165) is 28.3 Å². The number of hydrogen-bond acceptors (Lipinski definition) is 3. The van der Waals surface area contributed by atoms with Crippen molar-refractivity contribution in [3.8, 4) is 11.5 Å². The standard InChI is InChI=1S/C17H18BrNO2/c1-11-10-21-15-6-4-3-5-13(15)17(11)19-12-7-8-16(20-2)14(18)9-12/h3-9,11,17,19H,10H2,1-2H3. The van der Waals surface area contributed by atoms with Crippen LogP contribution in [0.3, 0.4) is 0 Å². The third-order valence-corrected chi connectivity index (χ3v) is 4.42. The maximum absolute atomic E-state index is 5.79. The lowest BCUT2D eigenvalue weighted by molar-refractivity contribution is 0.214. The molecular weight excluding hydrogens is 330 g/mol. The molecular formula is C17H18BrNO2. The highest BCUT2D eigenvalue weighted by atomic mass is 79.9. The first-order chi connectivity index (χ1) is 10.2. The zero-order valence-electron chi connectivity index (χ0n) is 12.1. The number of rotatable bonds is 3. The van der Waals surface area contributed by atoms with Crippen LogP contribution in [0.25, 0.3) is 0 Å². The molecule has 0 radical (unpaired) electrons. The summed E-state index contributed by atoms with van der Waals surface area (Å²) >= 11 is 3.53. The number of halogens is 1. The Bertz CT molecular complexity index is 644. The average Bonchev–Trinajstić information content (AvgIpc) is 2.50. The molecule has 110 valence electrons. The number of methoxy groups -OCH3 is 1. The number of nitrogens with one attached hydrogen (secondary N) is 1. The molecule has 2 aromatic rings. The molecule has 0 bridgehead atoms. The van der Waals surface area contributed by atoms with Gasteiger partial charge >= 0.3 is 0 Å². The Morgan fingerprint density at radius 1 is 1.24 bits per heavy atom. The summed E-state index contributed by atoms with van der Waals surface area (Å²) in [6.07, 6.45) is 0. The molecule has 1 heterocycles. The molecule has 3 nitrogen and oxygen atoms in total. The van der Waals surface area contributed by atoms with Crippen molar-refractivity contribution in [2.75, 3.05) is 19.0 Å². The van der Waals surface area contributed by atoms with Gasteiger partial charge in [-0.05, 0) is 40.2 Å². The molecule has 2 unspecified atom stereocenters. The third-order valence-electron chi connectivity index (χ3n) is 3.80. The van der Waals surface area contributed by atoms with Crippen LogP contribution in [0.4, 0.5) is 5.69 Å². The minimum atomic E-state index is 0.246. The van der Waals surface area contributed by atoms with Crippen LogP contribution in [0.5, 0.6) is 11.5 Å². The number of anilines is 1. The van der Waals surface area contributed by atoms with E-state index >= 15 is 0 Å². The van der Waals surface area contributed by atoms with E-state index in [1.54, 1.807) is 7.11 Å². The van der Waals surface area contributed by atoms with Crippen molar-refractivity contribution in [3.05, 3.63) is 52.5 Å². The Morgan fingerprint density at radius 3 is 2.81 bits per heavy atom. The van der Waals surface area contributed by atoms with Gasteiger partial charge in [0.05, 0.1) is 24.2 Å². The topological polar surface area (TPSA) is 30.5 Å². The molecule has 1 N–H and O–H groups in total. The Labute approximate surface area is 133 Å². The minimum absolute atomic E-state index is 0.246. The van der Waals surface area contributed by atoms with Gasteiger partial charge in [-0.25, -0.2) is 0 Å². The van der Waals surface area contributed by atoms with Crippen molar-refractivity contribution >= 4 is 21.6 Å². The number of para-hydroxylation sites is 1. The van der Waals surface area contributed by atoms with Gasteiger partial charge in [0, 0.05) is 17.2 Å². The van der Waals surface area contributed by atoms with E-state index in [1.807, 2.05) is 30.3 Å². The molecule has 4 heteroatoms. The average molecular weight is 348 g/mol. The molecule has 0 fully saturated rings. The van der Waals surface area contributed by atoms with Gasteiger partial charge in [-0.3, -0.25) is 0 Å². The minimum Gasteiger partial charge on any atom is -0.496 e. The number of benzene rings is 2. The largest absolute Gasteiger partial charge is 0.496 e. The Balaban J connectivity index is 1.89. The molecule has 2 atom stereocenters. The van der Waals surface area contributed by atoms with Crippen molar-refractivity contribution in [1.29, 1.82) is 0 Å². The number of ether oxygens (including phenoxy) is 2. The van der Waals surface area contributed by atoms with Crippen LogP contribution in [-0.2, 0) is 0 Å². The maximum Gasteiger partial charge on any atom is 0.133 e. The van der Waals surface area contributed by atoms with Crippen LogP contribution in [-0.4, -0.2) is 13.7 Å². The molecule has 0 aliphatic carbocycles. The van der Waals surface area contributed by atoms with E-state index in [9.17, 15) is 0 Å². The molecule has 0 amide bonds. The summed E-state index contributed by atoms with van der Waals surface area (Å²) in [7, 11) is 1.67. The van der Waals surface area contributed by atoms with Crippen molar-refractivity contribution < 1.29 is 9.47 Å². The van der Waals surface area contributed by atoms with E-state index in [4.69, 9.17) is 9.47 Å². The van der Waals surface area contributed by atoms with Crippen molar-refractivity contribution in [1.82, 2.24) is 0 Å². The lowest BCUT2D eigenvalue weighted by Gasteiger charge is -2.32. The molecule has 1 aliphatic rings. The first-order valence-electron chi connectivity index (χ1n) is 7.01. The smallest absolute Gasteiger partial charge is 0.133 e. The lowest BCUT2D eigenvalue weighted by Crippen LogP contribution is -2.28. The normalized spacial score (nSPS) is 20.3. The summed E-state index contributed by atoms with van der Waals surface area (Å²) < 4.78 is 12.0. The van der Waals surface area contributed by atoms with E-state index in [-0.39, 0.29) is 6.04 Å². The van der Waals surface area contributed by atoms with Crippen LogP contribution in [0, 0.1) is 5.92 Å². The first kappa shape index (κ1) is 14.3. The SMILES string of the molecule is COc1ccc(NC2c3ccccc3OCC2C)cc1Br. The zero-order valence-corrected chi connectivity index (χ0v) is 13.7. The van der Waals surface area contributed by atoms with Crippen LogP contribution >= 0.6 is 15.9 Å². The predicted octanol–water partition coefficient (Wildman–Crippen LogP) is 4.64. The van der Waals surface area contributed by atoms with Gasteiger partial charge in [-0.15, -0.1) is 0 Å². The first-order valence-corrected chi connectivity index (χ1v) is 7.80. The molecule has 1 aliphatic heterocycles. The Kier molecular flexibility index (Phi) is 4.06. The lowest BCUT2D eigenvalue weighted by atomic mass is 9.92. The Morgan fingerprint density at radius 2 is 2.05 bits per heavy atom. The summed E-state index contributed by atoms with van der Waals surface area (Å²) in [4.78, 5) is 0. The van der Waals surface area contributed by atoms with Crippen LogP contribution < -0.4 is 14.8 Å². The summed E-state index contributed by atoms with van der Waals surface area (Å²) in [5, 5.41) is 3.61. The maximum atomic E-state index is 5.79. The summed E-state index contributed by atoms with van der Waals surface area (Å²) in [5.74, 6) is 2.21. The zero-order chi connectivity index (χ0) is 14.8. The molecule has 0 saturated carbocycles. The number of fused-ring (bicyclic) bond motifs is 1. The summed E-state index contributed by atoms with van der Waals surface area (Å²) in [6, 6.07) is 14.5. The molecule has 21 heavy (non-hydrogen) atoms. The van der Waals surface area contributed by atoms with E-state index < -0.39 is 0 Å². The molecule has 0 saturated heterocycles. The number of hydrogen-bond donors (Lipinski definition) is 1. The van der Waals surface area contributed by atoms with E-state index in [2.05, 4.69) is 40.3 Å². The second kappa shape index (κ2) is 5.98. The highest BCUT2D eigenvalue weighted by molar-refractivity contribution is 9.10. The quantitative estimate of drug-likeness (QED) is 0.877. The third kappa shape index (κ3) is 2.86. The summed E-state index contributed by atoms with van der Waals surface area (Å²) in [6.45, 7) is 2.93. The second-order valence-corrected chi connectivity index (χ2v) is 6.15. The van der Waals surface area contributed by atoms with Crippen LogP contribution in [0.1, 0.15) is 18.5 Å². The van der Waals surface area contributed by atoms with Crippen molar-refractivity contribution in [3.63, 3.8) is 0 Å². The van der Waals surface area contributed by atoms with Gasteiger partial charge < -0.3 is 14.8 Å². The molecule has 0 aromatic heterocycles. The molecule has 0 spiro atoms. The fourth-order valence-electron chi connectivity index (χ4n) is 2.65. The van der Waals surface area contributed by atoms with Gasteiger partial charge in [0.1, 0.15) is 11.5 Å². The second-order valence-electron chi connectivity index (χ2n) is 5.30. The Hall–Kier alpha value is -1.68. The predicted molar refractivity (Wildman–Crippen MR) is 88.2 cm³/mol. The fraction of sp³-hybridized carbons (Fsp3) is 0.294. The van der Waals surface area contributed by atoms with Gasteiger partial charge in [0.2, 0.25) is 0 Å². The van der Waals surface area contributed by atoms with Gasteiger partial charge in [0.25, 0.3) is 0 Å². The van der Waals surface area contributed by atoms with Gasteiger partial charge in [-0.1, -0.05) is 25.1 Å². The van der Waals surface area contributed by atoms with Crippen LogP contribution in [0.15, 0.2) is 46.9 Å². The highest BCUT2D eigenvalue weighted by Crippen LogP contribution is 2.38. The monoisotopic (exact) mass is 347 g/mol. The van der Waals surface area contributed by atoms with Gasteiger partial charge in [0.15, 0.2) is 0 Å². The van der Waals surface area contributed by atoms with E-state index in [0.29, 0.717) is 5.92 Å². The molecule has 3 rings (SSSR count). The van der Waals surface area contributed by atoms with Crippen molar-refractivity contribution in [2.45, 2.75) is 13.0 Å². The van der Waals surface area contributed by atoms with Gasteiger partial charge in [-0.2, -0.15) is 0 Å².